The molecule has 1 saturated heterocycles. The Balaban J connectivity index is 1.60. The zero-order valence-electron chi connectivity index (χ0n) is 15.6. The summed E-state index contributed by atoms with van der Waals surface area (Å²) >= 11 is 1.01. The maximum absolute atomic E-state index is 13.0. The number of piperazine rings is 1. The first-order valence-corrected chi connectivity index (χ1v) is 11.3. The van der Waals surface area contributed by atoms with E-state index in [9.17, 15) is 13.2 Å². The minimum Gasteiger partial charge on any atom is -0.353 e. The van der Waals surface area contributed by atoms with E-state index in [2.05, 4.69) is 21.0 Å². The van der Waals surface area contributed by atoms with Crippen molar-refractivity contribution in [2.24, 2.45) is 0 Å². The van der Waals surface area contributed by atoms with Crippen LogP contribution in [0, 0.1) is 0 Å². The number of rotatable bonds is 7. The summed E-state index contributed by atoms with van der Waals surface area (Å²) in [4.78, 5) is 14.3. The number of benzene rings is 1. The summed E-state index contributed by atoms with van der Waals surface area (Å²) < 4.78 is 35.7. The lowest BCUT2D eigenvalue weighted by Crippen LogP contribution is -2.51. The van der Waals surface area contributed by atoms with Crippen molar-refractivity contribution in [1.29, 1.82) is 0 Å². The van der Waals surface area contributed by atoms with Gasteiger partial charge in [0.05, 0.1) is 18.3 Å². The van der Waals surface area contributed by atoms with E-state index in [1.807, 2.05) is 11.8 Å². The maximum Gasteiger partial charge on any atom is 0.245 e. The summed E-state index contributed by atoms with van der Waals surface area (Å²) in [7, 11) is -3.63. The molecule has 1 aromatic carbocycles. The maximum atomic E-state index is 13.0. The summed E-state index contributed by atoms with van der Waals surface area (Å²) in [5.74, 6) is -0.00873. The molecule has 1 aliphatic heterocycles. The van der Waals surface area contributed by atoms with Crippen molar-refractivity contribution < 1.29 is 13.2 Å². The van der Waals surface area contributed by atoms with E-state index in [1.165, 1.54) is 4.31 Å². The fourth-order valence-electron chi connectivity index (χ4n) is 3.29. The predicted molar refractivity (Wildman–Crippen MR) is 105 cm³/mol. The molecule has 0 saturated carbocycles. The predicted octanol–water partition coefficient (Wildman–Crippen LogP) is 1.30. The Morgan fingerprint density at radius 3 is 2.70 bits per heavy atom. The Labute approximate surface area is 163 Å². The van der Waals surface area contributed by atoms with E-state index < -0.39 is 10.0 Å². The Morgan fingerprint density at radius 1 is 1.26 bits per heavy atom. The van der Waals surface area contributed by atoms with Gasteiger partial charge in [0.1, 0.15) is 15.9 Å². The summed E-state index contributed by atoms with van der Waals surface area (Å²) in [6.45, 7) is 6.15. The number of hydrogen-bond acceptors (Lipinski definition) is 7. The van der Waals surface area contributed by atoms with Crippen LogP contribution in [0.1, 0.15) is 26.7 Å². The van der Waals surface area contributed by atoms with Crippen molar-refractivity contribution in [2.75, 3.05) is 32.7 Å². The fraction of sp³-hybridized carbons (Fsp3) is 0.588. The van der Waals surface area contributed by atoms with E-state index in [0.29, 0.717) is 43.8 Å². The number of nitrogens with one attached hydrogen (secondary N) is 1. The van der Waals surface area contributed by atoms with Gasteiger partial charge in [-0.05, 0) is 25.5 Å². The van der Waals surface area contributed by atoms with Crippen LogP contribution in [0.4, 0.5) is 0 Å². The quantitative estimate of drug-likeness (QED) is 0.738. The van der Waals surface area contributed by atoms with Crippen molar-refractivity contribution in [3.8, 4) is 0 Å². The summed E-state index contributed by atoms with van der Waals surface area (Å²) in [6.07, 6.45) is 1.98. The molecule has 0 bridgehead atoms. The summed E-state index contributed by atoms with van der Waals surface area (Å²) in [5, 5.41) is 2.99. The molecular weight excluding hydrogens is 386 g/mol. The minimum absolute atomic E-state index is 0.00873. The molecule has 148 valence electrons. The lowest BCUT2D eigenvalue weighted by Gasteiger charge is -2.33. The van der Waals surface area contributed by atoms with Crippen LogP contribution in [0.25, 0.3) is 11.0 Å². The normalized spacial score (nSPS) is 17.9. The highest BCUT2D eigenvalue weighted by atomic mass is 32.2. The van der Waals surface area contributed by atoms with Gasteiger partial charge in [-0.1, -0.05) is 19.4 Å². The lowest BCUT2D eigenvalue weighted by atomic mass is 10.2. The SMILES string of the molecule is CCCC(C)NC(=O)CN1CCN(S(=O)(=O)c2cccc3nsnc23)CC1. The minimum atomic E-state index is -3.63. The second-order valence-electron chi connectivity index (χ2n) is 6.83. The van der Waals surface area contributed by atoms with Crippen molar-refractivity contribution in [3.63, 3.8) is 0 Å². The second-order valence-corrected chi connectivity index (χ2v) is 9.26. The summed E-state index contributed by atoms with van der Waals surface area (Å²) in [6, 6.07) is 5.19. The first-order chi connectivity index (χ1) is 12.9. The van der Waals surface area contributed by atoms with E-state index in [1.54, 1.807) is 18.2 Å². The number of fused-ring (bicyclic) bond motifs is 1. The Hall–Kier alpha value is -1.62. The molecule has 8 nitrogen and oxygen atoms in total. The van der Waals surface area contributed by atoms with Crippen LogP contribution in [0.3, 0.4) is 0 Å². The number of aromatic nitrogens is 2. The molecule has 1 atom stereocenters. The molecule has 10 heteroatoms. The molecule has 1 N–H and O–H groups in total. The van der Waals surface area contributed by atoms with Crippen LogP contribution in [-0.2, 0) is 14.8 Å². The van der Waals surface area contributed by atoms with Gasteiger partial charge in [0, 0.05) is 32.2 Å². The van der Waals surface area contributed by atoms with Crippen LogP contribution in [0.15, 0.2) is 23.1 Å². The third kappa shape index (κ3) is 4.63. The average Bonchev–Trinajstić information content (AvgIpc) is 3.10. The first-order valence-electron chi connectivity index (χ1n) is 9.15. The molecule has 1 aliphatic rings. The van der Waals surface area contributed by atoms with Gasteiger partial charge in [-0.3, -0.25) is 9.69 Å². The van der Waals surface area contributed by atoms with Gasteiger partial charge in [0.2, 0.25) is 15.9 Å². The van der Waals surface area contributed by atoms with E-state index in [4.69, 9.17) is 0 Å². The number of sulfonamides is 1. The van der Waals surface area contributed by atoms with E-state index in [-0.39, 0.29) is 16.8 Å². The Kier molecular flexibility index (Phi) is 6.40. The number of amides is 1. The van der Waals surface area contributed by atoms with Gasteiger partial charge in [-0.15, -0.1) is 0 Å². The molecular formula is C17H25N5O3S2. The highest BCUT2D eigenvalue weighted by molar-refractivity contribution is 7.89. The van der Waals surface area contributed by atoms with Gasteiger partial charge in [-0.2, -0.15) is 13.1 Å². The molecule has 2 aromatic rings. The van der Waals surface area contributed by atoms with Crippen molar-refractivity contribution >= 4 is 38.7 Å². The fourth-order valence-corrected chi connectivity index (χ4v) is 5.46. The summed E-state index contributed by atoms with van der Waals surface area (Å²) in [5.41, 5.74) is 1.02. The largest absolute Gasteiger partial charge is 0.353 e. The Bertz CT molecular complexity index is 891. The molecule has 0 aliphatic carbocycles. The van der Waals surface area contributed by atoms with E-state index in [0.717, 1.165) is 24.6 Å². The van der Waals surface area contributed by atoms with Crippen LogP contribution < -0.4 is 5.32 Å². The highest BCUT2D eigenvalue weighted by Crippen LogP contribution is 2.25. The van der Waals surface area contributed by atoms with Crippen molar-refractivity contribution in [3.05, 3.63) is 18.2 Å². The van der Waals surface area contributed by atoms with Crippen molar-refractivity contribution in [1.82, 2.24) is 23.3 Å². The van der Waals surface area contributed by atoms with Gasteiger partial charge in [0.25, 0.3) is 0 Å². The standard InChI is InChI=1S/C17H25N5O3S2/c1-3-5-13(2)18-16(23)12-21-8-10-22(11-9-21)27(24,25)15-7-4-6-14-17(15)20-26-19-14/h4,6-7,13H,3,5,8-12H2,1-2H3,(H,18,23). The second kappa shape index (κ2) is 8.59. The molecule has 0 radical (unpaired) electrons. The third-order valence-electron chi connectivity index (χ3n) is 4.69. The molecule has 1 aromatic heterocycles. The number of carbonyl (C=O) groups excluding carboxylic acids is 1. The van der Waals surface area contributed by atoms with Gasteiger partial charge >= 0.3 is 0 Å². The number of hydrogen-bond donors (Lipinski definition) is 1. The van der Waals surface area contributed by atoms with E-state index >= 15 is 0 Å². The van der Waals surface area contributed by atoms with Gasteiger partial charge < -0.3 is 5.32 Å². The van der Waals surface area contributed by atoms with Gasteiger partial charge in [0.15, 0.2) is 0 Å². The van der Waals surface area contributed by atoms with Crippen LogP contribution in [0.5, 0.6) is 0 Å². The molecule has 1 amide bonds. The molecule has 2 heterocycles. The average molecular weight is 412 g/mol. The monoisotopic (exact) mass is 411 g/mol. The first kappa shape index (κ1) is 20.1. The zero-order chi connectivity index (χ0) is 19.4. The smallest absolute Gasteiger partial charge is 0.245 e. The number of carbonyl (C=O) groups is 1. The molecule has 3 rings (SSSR count). The Morgan fingerprint density at radius 2 is 2.00 bits per heavy atom. The molecule has 27 heavy (non-hydrogen) atoms. The number of nitrogens with zero attached hydrogens (tertiary/aromatic N) is 4. The topological polar surface area (TPSA) is 95.5 Å². The molecule has 1 fully saturated rings. The molecule has 1 unspecified atom stereocenters. The van der Waals surface area contributed by atoms with Gasteiger partial charge in [-0.25, -0.2) is 8.42 Å². The third-order valence-corrected chi connectivity index (χ3v) is 7.17. The lowest BCUT2D eigenvalue weighted by molar-refractivity contribution is -0.123. The highest BCUT2D eigenvalue weighted by Gasteiger charge is 2.31. The van der Waals surface area contributed by atoms with Crippen LogP contribution >= 0.6 is 11.7 Å². The van der Waals surface area contributed by atoms with Crippen molar-refractivity contribution in [2.45, 2.75) is 37.6 Å². The van der Waals surface area contributed by atoms with Crippen LogP contribution in [0.2, 0.25) is 0 Å². The van der Waals surface area contributed by atoms with Crippen LogP contribution in [-0.4, -0.2) is 71.0 Å². The molecule has 0 spiro atoms. The zero-order valence-corrected chi connectivity index (χ0v) is 17.2.